The zero-order valence-corrected chi connectivity index (χ0v) is 7.84. The summed E-state index contributed by atoms with van der Waals surface area (Å²) in [6.07, 6.45) is 0. The second-order valence-corrected chi connectivity index (χ2v) is 2.89. The van der Waals surface area contributed by atoms with Crippen LogP contribution in [-0.2, 0) is 0 Å². The number of benzene rings is 1. The minimum Gasteiger partial charge on any atom is -0.433 e. The molecule has 0 radical (unpaired) electrons. The lowest BCUT2D eigenvalue weighted by molar-refractivity contribution is -0.0505. The molecule has 0 saturated carbocycles. The molecule has 0 saturated heterocycles. The van der Waals surface area contributed by atoms with Crippen LogP contribution in [0.3, 0.4) is 0 Å². The Morgan fingerprint density at radius 2 is 1.86 bits per heavy atom. The highest BCUT2D eigenvalue weighted by molar-refractivity contribution is 5.52. The maximum atomic E-state index is 12.0. The van der Waals surface area contributed by atoms with Crippen molar-refractivity contribution in [3.8, 4) is 11.8 Å². The monoisotopic (exact) mass is 197 g/mol. The van der Waals surface area contributed by atoms with Gasteiger partial charge in [0.1, 0.15) is 11.8 Å². The van der Waals surface area contributed by atoms with Crippen molar-refractivity contribution in [2.75, 3.05) is 0 Å². The Hall–Kier alpha value is -1.63. The fourth-order valence-electron chi connectivity index (χ4n) is 1.17. The van der Waals surface area contributed by atoms with E-state index in [0.717, 1.165) is 0 Å². The van der Waals surface area contributed by atoms with Gasteiger partial charge in [0.2, 0.25) is 0 Å². The van der Waals surface area contributed by atoms with E-state index in [-0.39, 0.29) is 11.3 Å². The largest absolute Gasteiger partial charge is 0.433 e. The third-order valence-corrected chi connectivity index (χ3v) is 1.88. The van der Waals surface area contributed by atoms with Crippen LogP contribution in [0, 0.1) is 25.2 Å². The van der Waals surface area contributed by atoms with Crippen molar-refractivity contribution in [2.24, 2.45) is 0 Å². The highest BCUT2D eigenvalue weighted by Gasteiger charge is 2.13. The van der Waals surface area contributed by atoms with Crippen molar-refractivity contribution in [1.82, 2.24) is 0 Å². The lowest BCUT2D eigenvalue weighted by atomic mass is 10.1. The number of hydrogen-bond acceptors (Lipinski definition) is 2. The van der Waals surface area contributed by atoms with Crippen LogP contribution in [0.25, 0.3) is 0 Å². The van der Waals surface area contributed by atoms with E-state index in [1.54, 1.807) is 26.0 Å². The van der Waals surface area contributed by atoms with Crippen LogP contribution in [0.5, 0.6) is 5.75 Å². The van der Waals surface area contributed by atoms with Crippen LogP contribution in [-0.4, -0.2) is 6.61 Å². The molecule has 14 heavy (non-hydrogen) atoms. The summed E-state index contributed by atoms with van der Waals surface area (Å²) in [6.45, 7) is 0.400. The van der Waals surface area contributed by atoms with Gasteiger partial charge < -0.3 is 4.74 Å². The van der Waals surface area contributed by atoms with Crippen molar-refractivity contribution in [2.45, 2.75) is 20.5 Å². The Kier molecular flexibility index (Phi) is 3.03. The molecule has 4 heteroatoms. The molecular formula is C10H9F2NO. The molecule has 74 valence electrons. The lowest BCUT2D eigenvalue weighted by Gasteiger charge is -2.10. The molecule has 2 nitrogen and oxygen atoms in total. The van der Waals surface area contributed by atoms with E-state index in [2.05, 4.69) is 4.74 Å². The molecule has 0 atom stereocenters. The summed E-state index contributed by atoms with van der Waals surface area (Å²) < 4.78 is 28.3. The third-order valence-electron chi connectivity index (χ3n) is 1.88. The minimum absolute atomic E-state index is 0.0255. The zero-order valence-electron chi connectivity index (χ0n) is 7.84. The van der Waals surface area contributed by atoms with Crippen LogP contribution in [0.15, 0.2) is 12.1 Å². The van der Waals surface area contributed by atoms with Crippen LogP contribution < -0.4 is 4.74 Å². The molecule has 1 aromatic carbocycles. The maximum Gasteiger partial charge on any atom is 0.387 e. The number of alkyl halides is 2. The number of halogens is 2. The Labute approximate surface area is 80.7 Å². The van der Waals surface area contributed by atoms with E-state index in [9.17, 15) is 8.78 Å². The van der Waals surface area contributed by atoms with E-state index in [1.165, 1.54) is 0 Å². The van der Waals surface area contributed by atoms with Gasteiger partial charge in [0.05, 0.1) is 5.56 Å². The van der Waals surface area contributed by atoms with Crippen LogP contribution in [0.4, 0.5) is 8.78 Å². The summed E-state index contributed by atoms with van der Waals surface area (Å²) in [5, 5.41) is 8.76. The van der Waals surface area contributed by atoms with Gasteiger partial charge in [0.15, 0.2) is 0 Å². The quantitative estimate of drug-likeness (QED) is 0.730. The normalized spacial score (nSPS) is 10.0. The maximum absolute atomic E-state index is 12.0. The molecular weight excluding hydrogens is 188 g/mol. The van der Waals surface area contributed by atoms with Crippen molar-refractivity contribution >= 4 is 0 Å². The van der Waals surface area contributed by atoms with E-state index in [4.69, 9.17) is 5.26 Å². The second kappa shape index (κ2) is 4.05. The average Bonchev–Trinajstić information content (AvgIpc) is 2.11. The Bertz CT molecular complexity index is 382. The fraction of sp³-hybridized carbons (Fsp3) is 0.300. The Morgan fingerprint density at radius 1 is 1.29 bits per heavy atom. The molecule has 0 fully saturated rings. The first kappa shape index (κ1) is 10.5. The topological polar surface area (TPSA) is 33.0 Å². The van der Waals surface area contributed by atoms with Gasteiger partial charge in [-0.25, -0.2) is 0 Å². The molecule has 0 unspecified atom stereocenters. The van der Waals surface area contributed by atoms with Gasteiger partial charge in [0.25, 0.3) is 0 Å². The summed E-state index contributed by atoms with van der Waals surface area (Å²) in [5.74, 6) is -0.0255. The van der Waals surface area contributed by atoms with Crippen molar-refractivity contribution in [3.63, 3.8) is 0 Å². The predicted molar refractivity (Wildman–Crippen MR) is 47.3 cm³/mol. The van der Waals surface area contributed by atoms with E-state index in [1.807, 2.05) is 6.07 Å². The SMILES string of the molecule is Cc1ccc(C)c(OC(F)F)c1C#N. The number of nitriles is 1. The van der Waals surface area contributed by atoms with E-state index < -0.39 is 6.61 Å². The number of rotatable bonds is 2. The molecule has 0 aromatic heterocycles. The van der Waals surface area contributed by atoms with Gasteiger partial charge in [-0.05, 0) is 25.0 Å². The summed E-state index contributed by atoms with van der Waals surface area (Å²) >= 11 is 0. The summed E-state index contributed by atoms with van der Waals surface area (Å²) in [6, 6.07) is 5.20. The van der Waals surface area contributed by atoms with Gasteiger partial charge in [-0.15, -0.1) is 0 Å². The molecule has 0 bridgehead atoms. The summed E-state index contributed by atoms with van der Waals surface area (Å²) in [7, 11) is 0. The zero-order chi connectivity index (χ0) is 10.7. The Balaban J connectivity index is 3.25. The van der Waals surface area contributed by atoms with Gasteiger partial charge >= 0.3 is 6.61 Å². The van der Waals surface area contributed by atoms with Crippen LogP contribution in [0.1, 0.15) is 16.7 Å². The van der Waals surface area contributed by atoms with Gasteiger partial charge in [-0.2, -0.15) is 14.0 Å². The molecule has 0 aliphatic rings. The first-order valence-electron chi connectivity index (χ1n) is 4.01. The molecule has 0 spiro atoms. The van der Waals surface area contributed by atoms with Crippen LogP contribution >= 0.6 is 0 Å². The second-order valence-electron chi connectivity index (χ2n) is 2.89. The van der Waals surface area contributed by atoms with Gasteiger partial charge in [-0.3, -0.25) is 0 Å². The molecule has 1 aromatic rings. The number of nitrogens with zero attached hydrogens (tertiary/aromatic N) is 1. The summed E-state index contributed by atoms with van der Waals surface area (Å²) in [4.78, 5) is 0. The Morgan fingerprint density at radius 3 is 2.36 bits per heavy atom. The highest BCUT2D eigenvalue weighted by atomic mass is 19.3. The molecule has 0 aliphatic carbocycles. The van der Waals surface area contributed by atoms with Crippen molar-refractivity contribution in [3.05, 3.63) is 28.8 Å². The smallest absolute Gasteiger partial charge is 0.387 e. The minimum atomic E-state index is -2.90. The van der Waals surface area contributed by atoms with Crippen LogP contribution in [0.2, 0.25) is 0 Å². The number of hydrogen-bond donors (Lipinski definition) is 0. The first-order chi connectivity index (χ1) is 6.56. The van der Waals surface area contributed by atoms with E-state index in [0.29, 0.717) is 11.1 Å². The highest BCUT2D eigenvalue weighted by Crippen LogP contribution is 2.27. The van der Waals surface area contributed by atoms with Crippen molar-refractivity contribution in [1.29, 1.82) is 5.26 Å². The standard InChI is InChI=1S/C10H9F2NO/c1-6-3-4-7(2)9(8(6)5-13)14-10(11)12/h3-4,10H,1-2H3. The number of aryl methyl sites for hydroxylation is 2. The lowest BCUT2D eigenvalue weighted by Crippen LogP contribution is -2.05. The fourth-order valence-corrected chi connectivity index (χ4v) is 1.17. The van der Waals surface area contributed by atoms with E-state index >= 15 is 0 Å². The number of ether oxygens (including phenoxy) is 1. The average molecular weight is 197 g/mol. The molecule has 0 heterocycles. The molecule has 0 amide bonds. The summed E-state index contributed by atoms with van der Waals surface area (Å²) in [5.41, 5.74) is 1.34. The van der Waals surface area contributed by atoms with Gasteiger partial charge in [0, 0.05) is 0 Å². The van der Waals surface area contributed by atoms with Crippen molar-refractivity contribution < 1.29 is 13.5 Å². The molecule has 0 N–H and O–H groups in total. The predicted octanol–water partition coefficient (Wildman–Crippen LogP) is 2.78. The first-order valence-corrected chi connectivity index (χ1v) is 4.01. The van der Waals surface area contributed by atoms with Gasteiger partial charge in [-0.1, -0.05) is 12.1 Å². The third kappa shape index (κ3) is 1.99. The molecule has 1 rings (SSSR count). The molecule has 0 aliphatic heterocycles.